The molecule has 0 radical (unpaired) electrons. The molecule has 31 heavy (non-hydrogen) atoms. The van der Waals surface area contributed by atoms with E-state index >= 15 is 0 Å². The first-order valence-electron chi connectivity index (χ1n) is 10.1. The number of ether oxygens (including phenoxy) is 1. The Morgan fingerprint density at radius 1 is 1.03 bits per heavy atom. The number of aryl methyl sites for hydroxylation is 1. The number of carbonyl (C=O) groups excluding carboxylic acids is 2. The molecule has 1 aromatic heterocycles. The van der Waals surface area contributed by atoms with Crippen LogP contribution in [0.4, 0.5) is 5.69 Å². The highest BCUT2D eigenvalue weighted by molar-refractivity contribution is 6.05. The van der Waals surface area contributed by atoms with Crippen molar-refractivity contribution >= 4 is 28.3 Å². The van der Waals surface area contributed by atoms with Crippen LogP contribution in [-0.4, -0.2) is 59.3 Å². The second-order valence-electron chi connectivity index (χ2n) is 7.65. The zero-order valence-corrected chi connectivity index (χ0v) is 17.7. The third-order valence-electron chi connectivity index (χ3n) is 5.70. The Morgan fingerprint density at radius 2 is 1.71 bits per heavy atom. The van der Waals surface area contributed by atoms with E-state index in [0.717, 1.165) is 5.69 Å². The minimum Gasteiger partial charge on any atom is -0.465 e. The molecule has 0 N–H and O–H groups in total. The maximum atomic E-state index is 13.4. The molecule has 3 aromatic rings. The van der Waals surface area contributed by atoms with E-state index in [1.807, 2.05) is 19.1 Å². The molecule has 8 nitrogen and oxygen atoms in total. The average Bonchev–Trinajstić information content (AvgIpc) is 2.80. The first-order chi connectivity index (χ1) is 14.9. The van der Waals surface area contributed by atoms with Crippen LogP contribution in [0.5, 0.6) is 0 Å². The quantitative estimate of drug-likeness (QED) is 0.603. The number of piperazine rings is 1. The van der Waals surface area contributed by atoms with E-state index in [1.165, 1.54) is 11.8 Å². The first-order valence-corrected chi connectivity index (χ1v) is 10.1. The van der Waals surface area contributed by atoms with Gasteiger partial charge in [-0.2, -0.15) is 5.10 Å². The summed E-state index contributed by atoms with van der Waals surface area (Å²) < 4.78 is 5.97. The lowest BCUT2D eigenvalue weighted by Gasteiger charge is -2.41. The van der Waals surface area contributed by atoms with E-state index in [-0.39, 0.29) is 23.5 Å². The van der Waals surface area contributed by atoms with Crippen LogP contribution >= 0.6 is 0 Å². The lowest BCUT2D eigenvalue weighted by Crippen LogP contribution is -2.54. The largest absolute Gasteiger partial charge is 0.465 e. The number of carbonyl (C=O) groups is 2. The molecule has 1 atom stereocenters. The van der Waals surface area contributed by atoms with E-state index in [0.29, 0.717) is 41.7 Å². The van der Waals surface area contributed by atoms with Gasteiger partial charge in [-0.25, -0.2) is 9.48 Å². The highest BCUT2D eigenvalue weighted by Gasteiger charge is 2.30. The molecule has 1 unspecified atom stereocenters. The molecule has 0 spiro atoms. The van der Waals surface area contributed by atoms with E-state index < -0.39 is 0 Å². The summed E-state index contributed by atoms with van der Waals surface area (Å²) >= 11 is 0. The minimum atomic E-state index is -0.368. The Balaban J connectivity index is 1.55. The van der Waals surface area contributed by atoms with Crippen LogP contribution in [0.25, 0.3) is 10.8 Å². The molecule has 4 rings (SSSR count). The molecule has 0 bridgehead atoms. The SMILES string of the molecule is COC(=O)c1ccc(N2CCN(C(=O)c3nn(C)c(=O)c4ccccc34)C(C)C2)cc1. The van der Waals surface area contributed by atoms with Crippen LogP contribution in [0.1, 0.15) is 27.8 Å². The molecule has 0 aliphatic carbocycles. The van der Waals surface area contributed by atoms with Gasteiger partial charge in [-0.3, -0.25) is 9.59 Å². The average molecular weight is 420 g/mol. The van der Waals surface area contributed by atoms with Crippen molar-refractivity contribution in [2.45, 2.75) is 13.0 Å². The number of amides is 1. The lowest BCUT2D eigenvalue weighted by atomic mass is 10.1. The normalized spacial score (nSPS) is 16.4. The summed E-state index contributed by atoms with van der Waals surface area (Å²) in [6.07, 6.45) is 0. The summed E-state index contributed by atoms with van der Waals surface area (Å²) in [6, 6.07) is 14.3. The number of rotatable bonds is 3. The van der Waals surface area contributed by atoms with Gasteiger partial charge in [0.25, 0.3) is 11.5 Å². The number of aromatic nitrogens is 2. The van der Waals surface area contributed by atoms with Gasteiger partial charge in [-0.15, -0.1) is 0 Å². The van der Waals surface area contributed by atoms with Gasteiger partial charge in [-0.05, 0) is 37.3 Å². The van der Waals surface area contributed by atoms with Gasteiger partial charge in [0.1, 0.15) is 0 Å². The van der Waals surface area contributed by atoms with Gasteiger partial charge in [0.2, 0.25) is 0 Å². The van der Waals surface area contributed by atoms with Crippen molar-refractivity contribution in [1.29, 1.82) is 0 Å². The number of anilines is 1. The Hall–Kier alpha value is -3.68. The van der Waals surface area contributed by atoms with Crippen LogP contribution in [0.2, 0.25) is 0 Å². The predicted molar refractivity (Wildman–Crippen MR) is 117 cm³/mol. The predicted octanol–water partition coefficient (Wildman–Crippen LogP) is 2.07. The fourth-order valence-electron chi connectivity index (χ4n) is 4.01. The molecule has 1 aliphatic heterocycles. The van der Waals surface area contributed by atoms with Crippen molar-refractivity contribution in [3.05, 3.63) is 70.1 Å². The zero-order valence-electron chi connectivity index (χ0n) is 17.7. The minimum absolute atomic E-state index is 0.0562. The summed E-state index contributed by atoms with van der Waals surface area (Å²) in [5.74, 6) is -0.549. The molecule has 0 saturated carbocycles. The summed E-state index contributed by atoms with van der Waals surface area (Å²) in [4.78, 5) is 41.4. The first kappa shape index (κ1) is 20.6. The van der Waals surface area contributed by atoms with Gasteiger partial charge < -0.3 is 14.5 Å². The third-order valence-corrected chi connectivity index (χ3v) is 5.70. The van der Waals surface area contributed by atoms with Crippen LogP contribution in [0.3, 0.4) is 0 Å². The topological polar surface area (TPSA) is 84.7 Å². The van der Waals surface area contributed by atoms with Gasteiger partial charge in [0.15, 0.2) is 5.69 Å². The van der Waals surface area contributed by atoms with Crippen molar-refractivity contribution in [3.8, 4) is 0 Å². The van der Waals surface area contributed by atoms with Crippen molar-refractivity contribution in [2.24, 2.45) is 7.05 Å². The number of hydrogen-bond donors (Lipinski definition) is 0. The lowest BCUT2D eigenvalue weighted by molar-refractivity contribution is 0.0599. The molecule has 1 aliphatic rings. The molecule has 2 heterocycles. The molecular weight excluding hydrogens is 396 g/mol. The zero-order chi connectivity index (χ0) is 22.1. The van der Waals surface area contributed by atoms with Crippen LogP contribution < -0.4 is 10.5 Å². The number of nitrogens with zero attached hydrogens (tertiary/aromatic N) is 4. The van der Waals surface area contributed by atoms with Gasteiger partial charge in [-0.1, -0.05) is 18.2 Å². The maximum Gasteiger partial charge on any atom is 0.337 e. The Labute approximate surface area is 179 Å². The molecule has 1 fully saturated rings. The van der Waals surface area contributed by atoms with Gasteiger partial charge in [0, 0.05) is 43.8 Å². The van der Waals surface area contributed by atoms with E-state index in [2.05, 4.69) is 10.00 Å². The Kier molecular flexibility index (Phi) is 5.46. The third kappa shape index (κ3) is 3.76. The van der Waals surface area contributed by atoms with Gasteiger partial charge in [0.05, 0.1) is 18.1 Å². The van der Waals surface area contributed by atoms with Crippen LogP contribution in [0, 0.1) is 0 Å². The van der Waals surface area contributed by atoms with Gasteiger partial charge >= 0.3 is 5.97 Å². The van der Waals surface area contributed by atoms with Crippen LogP contribution in [-0.2, 0) is 11.8 Å². The highest BCUT2D eigenvalue weighted by Crippen LogP contribution is 2.23. The monoisotopic (exact) mass is 420 g/mol. The Morgan fingerprint density at radius 3 is 2.35 bits per heavy atom. The van der Waals surface area contributed by atoms with Crippen molar-refractivity contribution in [3.63, 3.8) is 0 Å². The molecule has 1 saturated heterocycles. The van der Waals surface area contributed by atoms with Crippen molar-refractivity contribution in [1.82, 2.24) is 14.7 Å². The summed E-state index contributed by atoms with van der Waals surface area (Å²) in [5.41, 5.74) is 1.55. The highest BCUT2D eigenvalue weighted by atomic mass is 16.5. The fourth-order valence-corrected chi connectivity index (χ4v) is 4.01. The fraction of sp³-hybridized carbons (Fsp3) is 0.304. The van der Waals surface area contributed by atoms with E-state index in [4.69, 9.17) is 4.74 Å². The van der Waals surface area contributed by atoms with Crippen molar-refractivity contribution in [2.75, 3.05) is 31.6 Å². The molecule has 1 amide bonds. The summed E-state index contributed by atoms with van der Waals surface area (Å²) in [6.45, 7) is 3.82. The smallest absolute Gasteiger partial charge is 0.337 e. The second-order valence-corrected chi connectivity index (χ2v) is 7.65. The van der Waals surface area contributed by atoms with Crippen LogP contribution in [0.15, 0.2) is 53.3 Å². The Bertz CT molecular complexity index is 1200. The van der Waals surface area contributed by atoms with Crippen molar-refractivity contribution < 1.29 is 14.3 Å². The summed E-state index contributed by atoms with van der Waals surface area (Å²) in [5, 5.41) is 5.34. The number of methoxy groups -OCH3 is 1. The molecule has 160 valence electrons. The summed E-state index contributed by atoms with van der Waals surface area (Å²) in [7, 11) is 2.92. The maximum absolute atomic E-state index is 13.4. The number of benzene rings is 2. The number of fused-ring (bicyclic) bond motifs is 1. The number of esters is 1. The molecule has 8 heteroatoms. The molecular formula is C23H24N4O4. The van der Waals surface area contributed by atoms with E-state index in [9.17, 15) is 14.4 Å². The standard InChI is InChI=1S/C23H24N4O4/c1-15-14-26(17-10-8-16(9-11-17)23(30)31-3)12-13-27(15)22(29)20-18-6-4-5-7-19(18)21(28)25(2)24-20/h4-11,15H,12-14H2,1-3H3. The van der Waals surface area contributed by atoms with E-state index in [1.54, 1.807) is 48.3 Å². The molecule has 2 aromatic carbocycles. The second kappa shape index (κ2) is 8.22. The number of hydrogen-bond acceptors (Lipinski definition) is 6.